The Labute approximate surface area is 99.4 Å². The summed E-state index contributed by atoms with van der Waals surface area (Å²) in [7, 11) is 0. The topological polar surface area (TPSA) is 39.2 Å². The van der Waals surface area contributed by atoms with E-state index in [4.69, 9.17) is 20.4 Å². The number of alkyl halides is 1. The van der Waals surface area contributed by atoms with Crippen LogP contribution >= 0.6 is 11.6 Å². The molecule has 0 bridgehead atoms. The fourth-order valence-electron chi connectivity index (χ4n) is 1.78. The van der Waals surface area contributed by atoms with Gasteiger partial charge in [0.25, 0.3) is 0 Å². The Morgan fingerprint density at radius 1 is 1.19 bits per heavy atom. The average Bonchev–Trinajstić information content (AvgIpc) is 2.75. The first-order chi connectivity index (χ1) is 7.63. The summed E-state index contributed by atoms with van der Waals surface area (Å²) in [5, 5.41) is 0. The summed E-state index contributed by atoms with van der Waals surface area (Å²) in [5.74, 6) is 3.73. The Morgan fingerprint density at radius 3 is 2.50 bits per heavy atom. The lowest BCUT2D eigenvalue weighted by molar-refractivity contribution is 0.496. The van der Waals surface area contributed by atoms with Gasteiger partial charge >= 0.3 is 0 Å². The van der Waals surface area contributed by atoms with Crippen LogP contribution < -0.4 is 0 Å². The quantitative estimate of drug-likeness (QED) is 0.768. The van der Waals surface area contributed by atoms with Crippen LogP contribution in [0.3, 0.4) is 0 Å². The molecule has 0 amide bonds. The van der Waals surface area contributed by atoms with Crippen LogP contribution in [0.1, 0.15) is 23.0 Å². The van der Waals surface area contributed by atoms with E-state index in [0.29, 0.717) is 18.2 Å². The van der Waals surface area contributed by atoms with Crippen LogP contribution in [0, 0.1) is 20.8 Å². The Hall–Kier alpha value is -1.22. The van der Waals surface area contributed by atoms with E-state index >= 15 is 0 Å². The Morgan fingerprint density at radius 2 is 1.94 bits per heavy atom. The van der Waals surface area contributed by atoms with Crippen molar-refractivity contribution in [2.24, 2.45) is 0 Å². The maximum Gasteiger partial charge on any atom is 0.196 e. The molecule has 0 saturated carbocycles. The van der Waals surface area contributed by atoms with Crippen LogP contribution in [0.5, 0.6) is 0 Å². The summed E-state index contributed by atoms with van der Waals surface area (Å²) in [6.45, 7) is 5.89. The Kier molecular flexibility index (Phi) is 3.06. The molecule has 86 valence electrons. The summed E-state index contributed by atoms with van der Waals surface area (Å²) in [6, 6.07) is 0. The number of furan rings is 1. The molecule has 3 nitrogen and oxygen atoms in total. The molecule has 0 unspecified atom stereocenters. The second kappa shape index (κ2) is 4.34. The standard InChI is InChI=1S/C12H14ClNO2/c1-7-8(2)15-9(3)12(7)10-6-14-11(16-10)4-5-13/h6H,4-5H2,1-3H3. The Bertz CT molecular complexity index is 499. The number of nitrogens with zero attached hydrogens (tertiary/aromatic N) is 1. The van der Waals surface area contributed by atoms with E-state index in [1.165, 1.54) is 0 Å². The third kappa shape index (κ3) is 1.87. The van der Waals surface area contributed by atoms with Gasteiger partial charge in [-0.2, -0.15) is 0 Å². The van der Waals surface area contributed by atoms with Crippen molar-refractivity contribution >= 4 is 11.6 Å². The largest absolute Gasteiger partial charge is 0.466 e. The molecule has 0 radical (unpaired) electrons. The number of rotatable bonds is 3. The van der Waals surface area contributed by atoms with Gasteiger partial charge in [-0.1, -0.05) is 0 Å². The van der Waals surface area contributed by atoms with Crippen molar-refractivity contribution in [2.45, 2.75) is 27.2 Å². The number of aromatic nitrogens is 1. The number of halogens is 1. The predicted octanol–water partition coefficient (Wildman–Crippen LogP) is 3.64. The molecule has 0 aliphatic rings. The van der Waals surface area contributed by atoms with Crippen LogP contribution in [-0.4, -0.2) is 10.9 Å². The lowest BCUT2D eigenvalue weighted by Crippen LogP contribution is -1.83. The van der Waals surface area contributed by atoms with Crippen molar-refractivity contribution in [3.05, 3.63) is 29.2 Å². The second-order valence-corrected chi connectivity index (χ2v) is 4.15. The minimum atomic E-state index is 0.516. The minimum absolute atomic E-state index is 0.516. The monoisotopic (exact) mass is 239 g/mol. The summed E-state index contributed by atoms with van der Waals surface area (Å²) < 4.78 is 11.2. The molecular weight excluding hydrogens is 226 g/mol. The highest BCUT2D eigenvalue weighted by Gasteiger charge is 2.16. The lowest BCUT2D eigenvalue weighted by Gasteiger charge is -1.95. The number of oxazole rings is 1. The summed E-state index contributed by atoms with van der Waals surface area (Å²) in [4.78, 5) is 4.18. The summed E-state index contributed by atoms with van der Waals surface area (Å²) in [6.07, 6.45) is 2.38. The molecular formula is C12H14ClNO2. The van der Waals surface area contributed by atoms with Crippen molar-refractivity contribution in [3.8, 4) is 11.3 Å². The van der Waals surface area contributed by atoms with E-state index in [9.17, 15) is 0 Å². The van der Waals surface area contributed by atoms with Crippen molar-refractivity contribution in [1.82, 2.24) is 4.98 Å². The van der Waals surface area contributed by atoms with Crippen LogP contribution in [0.15, 0.2) is 15.0 Å². The van der Waals surface area contributed by atoms with Gasteiger partial charge in [0.15, 0.2) is 11.7 Å². The van der Waals surface area contributed by atoms with Gasteiger partial charge in [-0.15, -0.1) is 11.6 Å². The highest BCUT2D eigenvalue weighted by atomic mass is 35.5. The molecule has 16 heavy (non-hydrogen) atoms. The molecule has 4 heteroatoms. The molecule has 0 aliphatic carbocycles. The van der Waals surface area contributed by atoms with E-state index in [1.54, 1.807) is 6.20 Å². The van der Waals surface area contributed by atoms with Crippen molar-refractivity contribution in [1.29, 1.82) is 0 Å². The van der Waals surface area contributed by atoms with Gasteiger partial charge in [0.05, 0.1) is 11.8 Å². The molecule has 0 N–H and O–H groups in total. The van der Waals surface area contributed by atoms with Gasteiger partial charge in [0.2, 0.25) is 0 Å². The molecule has 0 aromatic carbocycles. The van der Waals surface area contributed by atoms with Gasteiger partial charge < -0.3 is 8.83 Å². The fourth-order valence-corrected chi connectivity index (χ4v) is 1.94. The van der Waals surface area contributed by atoms with Crippen LogP contribution in [0.4, 0.5) is 0 Å². The fraction of sp³-hybridized carbons (Fsp3) is 0.417. The SMILES string of the molecule is Cc1oc(C)c(-c2cnc(CCCl)o2)c1C. The number of aryl methyl sites for hydroxylation is 3. The zero-order chi connectivity index (χ0) is 11.7. The van der Waals surface area contributed by atoms with Gasteiger partial charge in [0.1, 0.15) is 11.5 Å². The lowest BCUT2D eigenvalue weighted by atomic mass is 10.1. The number of hydrogen-bond acceptors (Lipinski definition) is 3. The molecule has 0 atom stereocenters. The molecule has 2 aromatic heterocycles. The molecule has 2 aromatic rings. The summed E-state index contributed by atoms with van der Waals surface area (Å²) in [5.41, 5.74) is 2.11. The highest BCUT2D eigenvalue weighted by molar-refractivity contribution is 6.17. The average molecular weight is 240 g/mol. The van der Waals surface area contributed by atoms with E-state index in [0.717, 1.165) is 28.4 Å². The normalized spacial score (nSPS) is 11.0. The molecule has 0 fully saturated rings. The zero-order valence-corrected chi connectivity index (χ0v) is 10.4. The molecule has 0 aliphatic heterocycles. The van der Waals surface area contributed by atoms with Gasteiger partial charge in [-0.3, -0.25) is 0 Å². The first-order valence-electron chi connectivity index (χ1n) is 5.21. The molecule has 2 heterocycles. The predicted molar refractivity (Wildman–Crippen MR) is 62.8 cm³/mol. The van der Waals surface area contributed by atoms with Crippen molar-refractivity contribution in [3.63, 3.8) is 0 Å². The van der Waals surface area contributed by atoms with Crippen LogP contribution in [0.25, 0.3) is 11.3 Å². The Balaban J connectivity index is 2.42. The van der Waals surface area contributed by atoms with Gasteiger partial charge in [-0.25, -0.2) is 4.98 Å². The first kappa shape index (κ1) is 11.3. The maximum absolute atomic E-state index is 5.64. The second-order valence-electron chi connectivity index (χ2n) is 3.77. The smallest absolute Gasteiger partial charge is 0.196 e. The van der Waals surface area contributed by atoms with Gasteiger partial charge in [-0.05, 0) is 20.8 Å². The van der Waals surface area contributed by atoms with E-state index < -0.39 is 0 Å². The highest BCUT2D eigenvalue weighted by Crippen LogP contribution is 2.31. The molecule has 0 saturated heterocycles. The summed E-state index contributed by atoms with van der Waals surface area (Å²) >= 11 is 5.64. The molecule has 0 spiro atoms. The van der Waals surface area contributed by atoms with Gasteiger partial charge in [0, 0.05) is 17.9 Å². The van der Waals surface area contributed by atoms with E-state index in [-0.39, 0.29) is 0 Å². The van der Waals surface area contributed by atoms with E-state index in [1.807, 2.05) is 20.8 Å². The minimum Gasteiger partial charge on any atom is -0.466 e. The third-order valence-corrected chi connectivity index (χ3v) is 2.86. The number of hydrogen-bond donors (Lipinski definition) is 0. The zero-order valence-electron chi connectivity index (χ0n) is 9.63. The van der Waals surface area contributed by atoms with E-state index in [2.05, 4.69) is 4.98 Å². The third-order valence-electron chi connectivity index (χ3n) is 2.67. The van der Waals surface area contributed by atoms with Crippen molar-refractivity contribution in [2.75, 3.05) is 5.88 Å². The molecule has 2 rings (SSSR count). The van der Waals surface area contributed by atoms with Crippen molar-refractivity contribution < 1.29 is 8.83 Å². The van der Waals surface area contributed by atoms with Crippen LogP contribution in [-0.2, 0) is 6.42 Å². The first-order valence-corrected chi connectivity index (χ1v) is 5.74. The van der Waals surface area contributed by atoms with Crippen LogP contribution in [0.2, 0.25) is 0 Å². The maximum atomic E-state index is 5.64.